The van der Waals surface area contributed by atoms with Gasteiger partial charge in [-0.3, -0.25) is 4.79 Å². The van der Waals surface area contributed by atoms with Crippen LogP contribution < -0.4 is 15.4 Å². The molecule has 1 fully saturated rings. The van der Waals surface area contributed by atoms with Crippen LogP contribution in [0.25, 0.3) is 0 Å². The largest absolute Gasteiger partial charge is 0.508 e. The van der Waals surface area contributed by atoms with Crippen molar-refractivity contribution in [3.8, 4) is 11.5 Å². The van der Waals surface area contributed by atoms with Gasteiger partial charge in [-0.15, -0.1) is 0 Å². The molecule has 1 aliphatic rings. The standard InChI is InChI=1S/C35H47N3O5/c1-35(2,37-24-32(41)28-13-14-31(40)30(22-28)25-39)23-26-9-7-11-29(21-26)34(42)36-16-15-27-10-3-4-12-33(27)43-20-8-19-38-17-5-6-18-38/h3-4,7,9-14,21-22,32,37,39-41H,5-6,8,15-20,23-25H2,1-2H3,(H,36,42)/t32-/m0/s1. The fourth-order valence-corrected chi connectivity index (χ4v) is 5.57. The number of likely N-dealkylation sites (tertiary alicyclic amines) is 1. The van der Waals surface area contributed by atoms with Crippen molar-refractivity contribution >= 4 is 5.91 Å². The lowest BCUT2D eigenvalue weighted by Gasteiger charge is -2.28. The van der Waals surface area contributed by atoms with E-state index in [1.165, 1.54) is 32.0 Å². The first kappa shape index (κ1) is 32.5. The summed E-state index contributed by atoms with van der Waals surface area (Å²) in [5.41, 5.74) is 3.36. The number of aliphatic hydroxyl groups excluding tert-OH is 2. The van der Waals surface area contributed by atoms with Crippen LogP contribution in [0, 0.1) is 0 Å². The van der Waals surface area contributed by atoms with Crippen LogP contribution in [0.15, 0.2) is 66.7 Å². The molecule has 232 valence electrons. The molecule has 5 N–H and O–H groups in total. The van der Waals surface area contributed by atoms with Gasteiger partial charge in [0.15, 0.2) is 0 Å². The normalized spacial score (nSPS) is 14.5. The van der Waals surface area contributed by atoms with Crippen LogP contribution in [0.1, 0.15) is 71.8 Å². The number of aliphatic hydroxyl groups is 2. The second kappa shape index (κ2) is 15.9. The predicted molar refractivity (Wildman–Crippen MR) is 169 cm³/mol. The van der Waals surface area contributed by atoms with Gasteiger partial charge in [0.2, 0.25) is 0 Å². The highest BCUT2D eigenvalue weighted by Gasteiger charge is 2.21. The van der Waals surface area contributed by atoms with E-state index in [-0.39, 0.29) is 23.8 Å². The van der Waals surface area contributed by atoms with Gasteiger partial charge >= 0.3 is 0 Å². The van der Waals surface area contributed by atoms with E-state index in [2.05, 4.69) is 21.6 Å². The number of aromatic hydroxyl groups is 1. The first-order valence-electron chi connectivity index (χ1n) is 15.4. The molecule has 3 aromatic rings. The zero-order chi connectivity index (χ0) is 30.7. The third-order valence-corrected chi connectivity index (χ3v) is 8.00. The lowest BCUT2D eigenvalue weighted by atomic mass is 9.93. The molecule has 0 unspecified atom stereocenters. The average Bonchev–Trinajstić information content (AvgIpc) is 3.52. The third kappa shape index (κ3) is 10.1. The Morgan fingerprint density at radius 1 is 1.02 bits per heavy atom. The van der Waals surface area contributed by atoms with E-state index < -0.39 is 6.10 Å². The van der Waals surface area contributed by atoms with Gasteiger partial charge in [0.05, 0.1) is 19.3 Å². The summed E-state index contributed by atoms with van der Waals surface area (Å²) in [6, 6.07) is 20.4. The molecule has 3 aromatic carbocycles. The van der Waals surface area contributed by atoms with Crippen LogP contribution in [-0.4, -0.2) is 71.0 Å². The molecule has 0 aromatic heterocycles. The van der Waals surface area contributed by atoms with Crippen LogP contribution in [-0.2, 0) is 19.4 Å². The number of hydrogen-bond acceptors (Lipinski definition) is 7. The molecule has 1 amide bonds. The second-order valence-corrected chi connectivity index (χ2v) is 12.1. The molecule has 1 aliphatic heterocycles. The number of carbonyl (C=O) groups is 1. The van der Waals surface area contributed by atoms with Crippen molar-refractivity contribution in [3.63, 3.8) is 0 Å². The van der Waals surface area contributed by atoms with Gasteiger partial charge < -0.3 is 35.6 Å². The lowest BCUT2D eigenvalue weighted by molar-refractivity contribution is 0.0953. The highest BCUT2D eigenvalue weighted by atomic mass is 16.5. The van der Waals surface area contributed by atoms with Crippen molar-refractivity contribution in [2.75, 3.05) is 39.3 Å². The zero-order valence-corrected chi connectivity index (χ0v) is 25.5. The minimum atomic E-state index is -0.798. The molecular formula is C35H47N3O5. The Balaban J connectivity index is 1.23. The number of nitrogens with one attached hydrogen (secondary N) is 2. The maximum atomic E-state index is 13.0. The number of hydrogen-bond donors (Lipinski definition) is 5. The summed E-state index contributed by atoms with van der Waals surface area (Å²) in [5.74, 6) is 0.784. The molecule has 0 bridgehead atoms. The zero-order valence-electron chi connectivity index (χ0n) is 25.5. The summed E-state index contributed by atoms with van der Waals surface area (Å²) in [6.07, 6.45) is 4.16. The summed E-state index contributed by atoms with van der Waals surface area (Å²) >= 11 is 0. The van der Waals surface area contributed by atoms with Crippen LogP contribution in [0.2, 0.25) is 0 Å². The molecular weight excluding hydrogens is 542 g/mol. The molecule has 0 saturated carbocycles. The number of benzene rings is 3. The van der Waals surface area contributed by atoms with Crippen molar-refractivity contribution in [2.45, 2.75) is 64.2 Å². The Bertz CT molecular complexity index is 1320. The predicted octanol–water partition coefficient (Wildman–Crippen LogP) is 4.37. The van der Waals surface area contributed by atoms with Crippen LogP contribution in [0.3, 0.4) is 0 Å². The Labute approximate surface area is 255 Å². The van der Waals surface area contributed by atoms with Crippen molar-refractivity contribution in [3.05, 3.63) is 94.5 Å². The van der Waals surface area contributed by atoms with Crippen molar-refractivity contribution < 1.29 is 24.9 Å². The fraction of sp³-hybridized carbons (Fsp3) is 0.457. The van der Waals surface area contributed by atoms with Gasteiger partial charge in [0.1, 0.15) is 11.5 Å². The van der Waals surface area contributed by atoms with E-state index in [9.17, 15) is 20.1 Å². The van der Waals surface area contributed by atoms with Crippen LogP contribution in [0.4, 0.5) is 0 Å². The molecule has 1 heterocycles. The molecule has 43 heavy (non-hydrogen) atoms. The Hall–Kier alpha value is -3.43. The summed E-state index contributed by atoms with van der Waals surface area (Å²) in [7, 11) is 0. The Morgan fingerprint density at radius 3 is 2.60 bits per heavy atom. The summed E-state index contributed by atoms with van der Waals surface area (Å²) < 4.78 is 6.09. The number of phenols is 1. The fourth-order valence-electron chi connectivity index (χ4n) is 5.57. The quantitative estimate of drug-likeness (QED) is 0.158. The van der Waals surface area contributed by atoms with E-state index in [0.717, 1.165) is 29.8 Å². The van der Waals surface area contributed by atoms with E-state index in [0.29, 0.717) is 49.2 Å². The maximum Gasteiger partial charge on any atom is 0.251 e. The second-order valence-electron chi connectivity index (χ2n) is 12.1. The number of ether oxygens (including phenoxy) is 1. The maximum absolute atomic E-state index is 13.0. The molecule has 8 nitrogen and oxygen atoms in total. The first-order valence-corrected chi connectivity index (χ1v) is 15.4. The number of carbonyl (C=O) groups excluding carboxylic acids is 1. The summed E-state index contributed by atoms with van der Waals surface area (Å²) in [6.45, 7) is 8.79. The highest BCUT2D eigenvalue weighted by Crippen LogP contribution is 2.23. The SMILES string of the molecule is CC(C)(Cc1cccc(C(=O)NCCc2ccccc2OCCCN2CCCC2)c1)NC[C@H](O)c1ccc(O)c(CO)c1. The van der Waals surface area contributed by atoms with Gasteiger partial charge in [-0.1, -0.05) is 36.4 Å². The van der Waals surface area contributed by atoms with Gasteiger partial charge in [0, 0.05) is 36.3 Å². The minimum absolute atomic E-state index is 0.00750. The number of amides is 1. The first-order chi connectivity index (χ1) is 20.7. The van der Waals surface area contributed by atoms with Crippen molar-refractivity contribution in [1.29, 1.82) is 0 Å². The van der Waals surface area contributed by atoms with Crippen LogP contribution >= 0.6 is 0 Å². The van der Waals surface area contributed by atoms with E-state index >= 15 is 0 Å². The van der Waals surface area contributed by atoms with E-state index in [1.807, 2.05) is 56.3 Å². The summed E-state index contributed by atoms with van der Waals surface area (Å²) in [4.78, 5) is 15.5. The molecule has 1 saturated heterocycles. The minimum Gasteiger partial charge on any atom is -0.508 e. The molecule has 8 heteroatoms. The van der Waals surface area contributed by atoms with Crippen molar-refractivity contribution in [2.24, 2.45) is 0 Å². The van der Waals surface area contributed by atoms with Gasteiger partial charge in [-0.2, -0.15) is 0 Å². The van der Waals surface area contributed by atoms with E-state index in [4.69, 9.17) is 4.74 Å². The summed E-state index contributed by atoms with van der Waals surface area (Å²) in [5, 5.41) is 36.3. The average molecular weight is 590 g/mol. The topological polar surface area (TPSA) is 114 Å². The highest BCUT2D eigenvalue weighted by molar-refractivity contribution is 5.94. The monoisotopic (exact) mass is 589 g/mol. The van der Waals surface area contributed by atoms with Gasteiger partial charge in [-0.25, -0.2) is 0 Å². The number of para-hydroxylation sites is 1. The van der Waals surface area contributed by atoms with Crippen molar-refractivity contribution in [1.82, 2.24) is 15.5 Å². The molecule has 0 radical (unpaired) electrons. The smallest absolute Gasteiger partial charge is 0.251 e. The lowest BCUT2D eigenvalue weighted by Crippen LogP contribution is -2.43. The van der Waals surface area contributed by atoms with E-state index in [1.54, 1.807) is 12.1 Å². The molecule has 0 aliphatic carbocycles. The van der Waals surface area contributed by atoms with Crippen LogP contribution in [0.5, 0.6) is 11.5 Å². The molecule has 1 atom stereocenters. The third-order valence-electron chi connectivity index (χ3n) is 8.00. The number of β-amino-alcohol motifs (C(OH)–C–C–N with tert-alkyl or cyclic N) is 1. The number of rotatable bonds is 16. The molecule has 0 spiro atoms. The number of nitrogens with zero attached hydrogens (tertiary/aromatic N) is 1. The Morgan fingerprint density at radius 2 is 1.81 bits per heavy atom. The van der Waals surface area contributed by atoms with Gasteiger partial charge in [0.25, 0.3) is 5.91 Å². The molecule has 4 rings (SSSR count). The Kier molecular flexibility index (Phi) is 12.0. The van der Waals surface area contributed by atoms with Gasteiger partial charge in [-0.05, 0) is 106 Å².